The predicted molar refractivity (Wildman–Crippen MR) is 96.8 cm³/mol. The maximum atomic E-state index is 12.8. The minimum atomic E-state index is -0.636. The van der Waals surface area contributed by atoms with Gasteiger partial charge in [0, 0.05) is 5.69 Å². The van der Waals surface area contributed by atoms with Crippen molar-refractivity contribution in [3.05, 3.63) is 90.1 Å². The second-order valence-corrected chi connectivity index (χ2v) is 5.36. The summed E-state index contributed by atoms with van der Waals surface area (Å²) < 4.78 is 0. The molecule has 0 bridgehead atoms. The number of aromatic nitrogens is 1. The van der Waals surface area contributed by atoms with Crippen molar-refractivity contribution in [3.63, 3.8) is 0 Å². The molecule has 5 nitrogen and oxygen atoms in total. The average molecular weight is 328 g/mol. The van der Waals surface area contributed by atoms with Crippen LogP contribution in [0, 0.1) is 11.3 Å². The molecule has 1 heterocycles. The molecular weight excluding hydrogens is 312 g/mol. The Morgan fingerprint density at radius 1 is 0.920 bits per heavy atom. The van der Waals surface area contributed by atoms with E-state index >= 15 is 0 Å². The Morgan fingerprint density at radius 2 is 1.60 bits per heavy atom. The molecule has 122 valence electrons. The zero-order valence-electron chi connectivity index (χ0n) is 13.4. The van der Waals surface area contributed by atoms with Gasteiger partial charge < -0.3 is 10.6 Å². The molecule has 0 radical (unpaired) electrons. The monoisotopic (exact) mass is 328 g/mol. The van der Waals surface area contributed by atoms with E-state index in [0.717, 1.165) is 5.56 Å². The third-order valence-electron chi connectivity index (χ3n) is 3.59. The minimum Gasteiger partial charge on any atom is -0.355 e. The third-order valence-corrected chi connectivity index (χ3v) is 3.59. The Labute approximate surface area is 146 Å². The van der Waals surface area contributed by atoms with E-state index in [1.54, 1.807) is 18.2 Å². The molecule has 0 aliphatic rings. The van der Waals surface area contributed by atoms with Gasteiger partial charge in [-0.15, -0.1) is 0 Å². The van der Waals surface area contributed by atoms with Crippen molar-refractivity contribution in [3.8, 4) is 6.07 Å². The molecule has 0 aliphatic heterocycles. The van der Waals surface area contributed by atoms with Gasteiger partial charge in [0.05, 0.1) is 0 Å². The van der Waals surface area contributed by atoms with Gasteiger partial charge in [0.2, 0.25) is 0 Å². The van der Waals surface area contributed by atoms with E-state index in [1.807, 2.05) is 66.7 Å². The molecule has 3 rings (SSSR count). The van der Waals surface area contributed by atoms with E-state index < -0.39 is 6.04 Å². The van der Waals surface area contributed by atoms with Crippen LogP contribution in [0.1, 0.15) is 17.3 Å². The quantitative estimate of drug-likeness (QED) is 0.748. The van der Waals surface area contributed by atoms with E-state index in [9.17, 15) is 4.79 Å². The standard InChI is InChI=1S/C20H16N4O/c21-14-17-12-7-13-18(22-17)24-19(15-8-3-1-4-9-15)20(25)23-16-10-5-2-6-11-16/h1-13,19H,(H,22,24)(H,23,25). The molecule has 2 aromatic carbocycles. The van der Waals surface area contributed by atoms with E-state index in [-0.39, 0.29) is 5.91 Å². The van der Waals surface area contributed by atoms with Crippen LogP contribution in [0.2, 0.25) is 0 Å². The van der Waals surface area contributed by atoms with Crippen LogP contribution >= 0.6 is 0 Å². The molecule has 2 N–H and O–H groups in total. The summed E-state index contributed by atoms with van der Waals surface area (Å²) >= 11 is 0. The number of benzene rings is 2. The number of carbonyl (C=O) groups excluding carboxylic acids is 1. The van der Waals surface area contributed by atoms with Crippen LogP contribution in [0.5, 0.6) is 0 Å². The first-order chi connectivity index (χ1) is 12.3. The predicted octanol–water partition coefficient (Wildman–Crippen LogP) is 3.75. The van der Waals surface area contributed by atoms with Crippen molar-refractivity contribution in [2.75, 3.05) is 10.6 Å². The number of para-hydroxylation sites is 1. The van der Waals surface area contributed by atoms with E-state index in [0.29, 0.717) is 17.2 Å². The number of nitriles is 1. The molecule has 0 fully saturated rings. The summed E-state index contributed by atoms with van der Waals surface area (Å²) in [4.78, 5) is 17.0. The lowest BCUT2D eigenvalue weighted by molar-refractivity contribution is -0.117. The van der Waals surface area contributed by atoms with Gasteiger partial charge in [-0.1, -0.05) is 54.6 Å². The maximum absolute atomic E-state index is 12.8. The number of carbonyl (C=O) groups is 1. The van der Waals surface area contributed by atoms with Gasteiger partial charge in [-0.3, -0.25) is 4.79 Å². The van der Waals surface area contributed by atoms with Crippen molar-refractivity contribution < 1.29 is 4.79 Å². The Balaban J connectivity index is 1.87. The first kappa shape index (κ1) is 16.2. The molecule has 0 aliphatic carbocycles. The fourth-order valence-electron chi connectivity index (χ4n) is 2.41. The van der Waals surface area contributed by atoms with Gasteiger partial charge in [0.15, 0.2) is 0 Å². The van der Waals surface area contributed by atoms with Crippen molar-refractivity contribution in [2.24, 2.45) is 0 Å². The van der Waals surface area contributed by atoms with Gasteiger partial charge in [-0.2, -0.15) is 5.26 Å². The van der Waals surface area contributed by atoms with Crippen LogP contribution in [-0.4, -0.2) is 10.9 Å². The van der Waals surface area contributed by atoms with Crippen LogP contribution in [0.3, 0.4) is 0 Å². The van der Waals surface area contributed by atoms with E-state index in [2.05, 4.69) is 15.6 Å². The first-order valence-electron chi connectivity index (χ1n) is 7.81. The smallest absolute Gasteiger partial charge is 0.251 e. The lowest BCUT2D eigenvalue weighted by atomic mass is 10.1. The number of hydrogen-bond acceptors (Lipinski definition) is 4. The number of rotatable bonds is 5. The molecule has 1 unspecified atom stereocenters. The summed E-state index contributed by atoms with van der Waals surface area (Å²) in [6, 6.07) is 25.1. The van der Waals surface area contributed by atoms with Crippen LogP contribution < -0.4 is 10.6 Å². The molecule has 1 amide bonds. The molecule has 3 aromatic rings. The number of hydrogen-bond donors (Lipinski definition) is 2. The highest BCUT2D eigenvalue weighted by atomic mass is 16.2. The summed E-state index contributed by atoms with van der Waals surface area (Å²) in [6.07, 6.45) is 0. The maximum Gasteiger partial charge on any atom is 0.251 e. The zero-order valence-corrected chi connectivity index (χ0v) is 13.4. The number of amides is 1. The first-order valence-corrected chi connectivity index (χ1v) is 7.81. The van der Waals surface area contributed by atoms with Crippen molar-refractivity contribution in [1.29, 1.82) is 5.26 Å². The molecule has 0 saturated carbocycles. The van der Waals surface area contributed by atoms with Crippen LogP contribution in [0.25, 0.3) is 0 Å². The van der Waals surface area contributed by atoms with Gasteiger partial charge in [-0.25, -0.2) is 4.98 Å². The van der Waals surface area contributed by atoms with Gasteiger partial charge in [-0.05, 0) is 29.8 Å². The molecular formula is C20H16N4O. The Kier molecular flexibility index (Phi) is 5.03. The Bertz CT molecular complexity index is 888. The normalized spacial score (nSPS) is 11.2. The Morgan fingerprint density at radius 3 is 2.28 bits per heavy atom. The summed E-state index contributed by atoms with van der Waals surface area (Å²) in [5.74, 6) is 0.262. The van der Waals surface area contributed by atoms with Crippen molar-refractivity contribution in [1.82, 2.24) is 4.98 Å². The minimum absolute atomic E-state index is 0.207. The molecule has 0 spiro atoms. The SMILES string of the molecule is N#Cc1cccc(NC(C(=O)Nc2ccccc2)c2ccccc2)n1. The molecule has 1 aromatic heterocycles. The Hall–Kier alpha value is -3.65. The van der Waals surface area contributed by atoms with Crippen LogP contribution in [0.15, 0.2) is 78.9 Å². The van der Waals surface area contributed by atoms with Gasteiger partial charge in [0.1, 0.15) is 23.6 Å². The third kappa shape index (κ3) is 4.21. The van der Waals surface area contributed by atoms with Gasteiger partial charge in [0.25, 0.3) is 5.91 Å². The molecule has 1 atom stereocenters. The number of pyridine rings is 1. The number of nitrogens with zero attached hydrogens (tertiary/aromatic N) is 2. The summed E-state index contributed by atoms with van der Waals surface area (Å²) in [5, 5.41) is 15.0. The molecule has 25 heavy (non-hydrogen) atoms. The topological polar surface area (TPSA) is 77.8 Å². The lowest BCUT2D eigenvalue weighted by Gasteiger charge is -2.19. The average Bonchev–Trinajstić information content (AvgIpc) is 2.67. The van der Waals surface area contributed by atoms with Crippen LogP contribution in [-0.2, 0) is 4.79 Å². The number of anilines is 2. The molecule has 0 saturated heterocycles. The van der Waals surface area contributed by atoms with Crippen molar-refractivity contribution >= 4 is 17.4 Å². The van der Waals surface area contributed by atoms with Crippen molar-refractivity contribution in [2.45, 2.75) is 6.04 Å². The zero-order chi connectivity index (χ0) is 17.5. The fourth-order valence-corrected chi connectivity index (χ4v) is 2.41. The summed E-state index contributed by atoms with van der Waals surface area (Å²) in [6.45, 7) is 0. The highest BCUT2D eigenvalue weighted by Gasteiger charge is 2.21. The van der Waals surface area contributed by atoms with E-state index in [1.165, 1.54) is 0 Å². The summed E-state index contributed by atoms with van der Waals surface area (Å²) in [5.41, 5.74) is 1.81. The summed E-state index contributed by atoms with van der Waals surface area (Å²) in [7, 11) is 0. The second-order valence-electron chi connectivity index (χ2n) is 5.36. The number of nitrogens with one attached hydrogen (secondary N) is 2. The van der Waals surface area contributed by atoms with Crippen LogP contribution in [0.4, 0.5) is 11.5 Å². The second kappa shape index (κ2) is 7.75. The van der Waals surface area contributed by atoms with E-state index in [4.69, 9.17) is 5.26 Å². The highest BCUT2D eigenvalue weighted by molar-refractivity contribution is 5.97. The lowest BCUT2D eigenvalue weighted by Crippen LogP contribution is -2.27. The largest absolute Gasteiger partial charge is 0.355 e. The highest BCUT2D eigenvalue weighted by Crippen LogP contribution is 2.20. The molecule has 5 heteroatoms. The fraction of sp³-hybridized carbons (Fsp3) is 0.0500. The van der Waals surface area contributed by atoms with Gasteiger partial charge >= 0.3 is 0 Å².